The highest BCUT2D eigenvalue weighted by atomic mass is 16.3. The molecule has 1 heterocycles. The van der Waals surface area contributed by atoms with Gasteiger partial charge in [0.25, 0.3) is 0 Å². The first-order valence-electron chi connectivity index (χ1n) is 6.62. The minimum atomic E-state index is -0.0256. The zero-order valence-corrected chi connectivity index (χ0v) is 12.1. The monoisotopic (exact) mass is 272 g/mol. The SMILES string of the molecule is Cc1ccc(NC(=O)CN(C)Cc2ccco2)cc1C. The molecular weight excluding hydrogens is 252 g/mol. The van der Waals surface area contributed by atoms with Gasteiger partial charge in [-0.2, -0.15) is 0 Å². The van der Waals surface area contributed by atoms with E-state index in [0.717, 1.165) is 11.4 Å². The molecule has 0 bridgehead atoms. The second-order valence-electron chi connectivity index (χ2n) is 5.10. The van der Waals surface area contributed by atoms with Crippen molar-refractivity contribution < 1.29 is 9.21 Å². The summed E-state index contributed by atoms with van der Waals surface area (Å²) in [5.74, 6) is 0.828. The Bertz CT molecular complexity index is 576. The van der Waals surface area contributed by atoms with Gasteiger partial charge in [-0.15, -0.1) is 0 Å². The molecule has 0 saturated heterocycles. The summed E-state index contributed by atoms with van der Waals surface area (Å²) in [6, 6.07) is 9.67. The summed E-state index contributed by atoms with van der Waals surface area (Å²) in [6.07, 6.45) is 1.64. The molecule has 2 rings (SSSR count). The molecule has 4 heteroatoms. The van der Waals surface area contributed by atoms with E-state index in [-0.39, 0.29) is 5.91 Å². The Balaban J connectivity index is 1.87. The Kier molecular flexibility index (Phi) is 4.58. The lowest BCUT2D eigenvalue weighted by Gasteiger charge is -2.15. The number of anilines is 1. The number of carbonyl (C=O) groups excluding carboxylic acids is 1. The zero-order valence-electron chi connectivity index (χ0n) is 12.1. The molecule has 0 spiro atoms. The number of rotatable bonds is 5. The molecule has 0 fully saturated rings. The summed E-state index contributed by atoms with van der Waals surface area (Å²) in [6.45, 7) is 5.03. The number of furan rings is 1. The van der Waals surface area contributed by atoms with Crippen molar-refractivity contribution >= 4 is 11.6 Å². The van der Waals surface area contributed by atoms with Crippen molar-refractivity contribution in [2.45, 2.75) is 20.4 Å². The normalized spacial score (nSPS) is 10.8. The standard InChI is InChI=1S/C16H20N2O2/c1-12-6-7-14(9-13(12)2)17-16(19)11-18(3)10-15-5-4-8-20-15/h4-9H,10-11H2,1-3H3,(H,17,19). The Morgan fingerprint density at radius 3 is 2.70 bits per heavy atom. The number of nitrogens with zero attached hydrogens (tertiary/aromatic N) is 1. The second kappa shape index (κ2) is 6.39. The van der Waals surface area contributed by atoms with E-state index in [9.17, 15) is 4.79 Å². The summed E-state index contributed by atoms with van der Waals surface area (Å²) in [5, 5.41) is 2.91. The summed E-state index contributed by atoms with van der Waals surface area (Å²) < 4.78 is 5.26. The number of amides is 1. The van der Waals surface area contributed by atoms with E-state index < -0.39 is 0 Å². The van der Waals surface area contributed by atoms with Crippen LogP contribution in [0, 0.1) is 13.8 Å². The molecule has 0 aliphatic rings. The number of hydrogen-bond acceptors (Lipinski definition) is 3. The van der Waals surface area contributed by atoms with Crippen LogP contribution < -0.4 is 5.32 Å². The number of likely N-dealkylation sites (N-methyl/N-ethyl adjacent to an activating group) is 1. The number of hydrogen-bond donors (Lipinski definition) is 1. The number of nitrogens with one attached hydrogen (secondary N) is 1. The van der Waals surface area contributed by atoms with Gasteiger partial charge in [0.2, 0.25) is 5.91 Å². The summed E-state index contributed by atoms with van der Waals surface area (Å²) in [5.41, 5.74) is 3.23. The van der Waals surface area contributed by atoms with E-state index in [1.54, 1.807) is 6.26 Å². The molecule has 1 aromatic heterocycles. The van der Waals surface area contributed by atoms with Crippen LogP contribution in [0.15, 0.2) is 41.0 Å². The van der Waals surface area contributed by atoms with Crippen LogP contribution in [0.5, 0.6) is 0 Å². The average Bonchev–Trinajstić information content (AvgIpc) is 2.86. The molecule has 1 N–H and O–H groups in total. The van der Waals surface area contributed by atoms with Crippen LogP contribution in [0.4, 0.5) is 5.69 Å². The van der Waals surface area contributed by atoms with Crippen LogP contribution in [0.3, 0.4) is 0 Å². The van der Waals surface area contributed by atoms with Gasteiger partial charge in [0.1, 0.15) is 5.76 Å². The van der Waals surface area contributed by atoms with Crippen molar-refractivity contribution in [2.24, 2.45) is 0 Å². The lowest BCUT2D eigenvalue weighted by atomic mass is 10.1. The van der Waals surface area contributed by atoms with Crippen molar-refractivity contribution in [3.8, 4) is 0 Å². The van der Waals surface area contributed by atoms with E-state index >= 15 is 0 Å². The van der Waals surface area contributed by atoms with Gasteiger partial charge in [-0.25, -0.2) is 0 Å². The fourth-order valence-electron chi connectivity index (χ4n) is 1.99. The Morgan fingerprint density at radius 1 is 1.25 bits per heavy atom. The highest BCUT2D eigenvalue weighted by Crippen LogP contribution is 2.14. The first-order chi connectivity index (χ1) is 9.54. The van der Waals surface area contributed by atoms with Crippen LogP contribution in [0.1, 0.15) is 16.9 Å². The molecule has 2 aromatic rings. The van der Waals surface area contributed by atoms with Crippen molar-refractivity contribution in [1.82, 2.24) is 4.90 Å². The predicted molar refractivity (Wildman–Crippen MR) is 79.6 cm³/mol. The third kappa shape index (κ3) is 3.96. The largest absolute Gasteiger partial charge is 0.468 e. The molecule has 4 nitrogen and oxygen atoms in total. The molecule has 0 atom stereocenters. The Labute approximate surface area is 119 Å². The smallest absolute Gasteiger partial charge is 0.238 e. The van der Waals surface area contributed by atoms with Crippen molar-refractivity contribution in [2.75, 3.05) is 18.9 Å². The second-order valence-corrected chi connectivity index (χ2v) is 5.10. The predicted octanol–water partition coefficient (Wildman–Crippen LogP) is 2.97. The first-order valence-corrected chi connectivity index (χ1v) is 6.62. The molecule has 0 aliphatic heterocycles. The van der Waals surface area contributed by atoms with E-state index in [0.29, 0.717) is 13.1 Å². The molecular formula is C16H20N2O2. The topological polar surface area (TPSA) is 45.5 Å². The van der Waals surface area contributed by atoms with E-state index in [1.807, 2.05) is 49.2 Å². The van der Waals surface area contributed by atoms with Gasteiger partial charge in [0.05, 0.1) is 19.4 Å². The van der Waals surface area contributed by atoms with Gasteiger partial charge in [-0.3, -0.25) is 9.69 Å². The van der Waals surface area contributed by atoms with Crippen molar-refractivity contribution in [3.05, 3.63) is 53.5 Å². The summed E-state index contributed by atoms with van der Waals surface area (Å²) in [4.78, 5) is 13.9. The van der Waals surface area contributed by atoms with E-state index in [4.69, 9.17) is 4.42 Å². The fourth-order valence-corrected chi connectivity index (χ4v) is 1.99. The average molecular weight is 272 g/mol. The van der Waals surface area contributed by atoms with Gasteiger partial charge < -0.3 is 9.73 Å². The zero-order chi connectivity index (χ0) is 14.5. The highest BCUT2D eigenvalue weighted by molar-refractivity contribution is 5.92. The molecule has 0 unspecified atom stereocenters. The first kappa shape index (κ1) is 14.3. The summed E-state index contributed by atoms with van der Waals surface area (Å²) in [7, 11) is 1.89. The third-order valence-electron chi connectivity index (χ3n) is 3.21. The lowest BCUT2D eigenvalue weighted by Crippen LogP contribution is -2.29. The maximum atomic E-state index is 12.0. The van der Waals surface area contributed by atoms with Gasteiger partial charge in [0, 0.05) is 5.69 Å². The molecule has 20 heavy (non-hydrogen) atoms. The van der Waals surface area contributed by atoms with Gasteiger partial charge in [0.15, 0.2) is 0 Å². The van der Waals surface area contributed by atoms with Gasteiger partial charge >= 0.3 is 0 Å². The van der Waals surface area contributed by atoms with Crippen LogP contribution in [-0.4, -0.2) is 24.4 Å². The van der Waals surface area contributed by atoms with E-state index in [1.165, 1.54) is 11.1 Å². The van der Waals surface area contributed by atoms with E-state index in [2.05, 4.69) is 12.2 Å². The molecule has 0 aliphatic carbocycles. The van der Waals surface area contributed by atoms with Crippen molar-refractivity contribution in [3.63, 3.8) is 0 Å². The molecule has 106 valence electrons. The maximum absolute atomic E-state index is 12.0. The number of aryl methyl sites for hydroxylation is 2. The van der Waals surface area contributed by atoms with Crippen LogP contribution in [0.25, 0.3) is 0 Å². The minimum absolute atomic E-state index is 0.0256. The molecule has 0 saturated carbocycles. The molecule has 1 aromatic carbocycles. The maximum Gasteiger partial charge on any atom is 0.238 e. The van der Waals surface area contributed by atoms with Gasteiger partial charge in [-0.05, 0) is 56.3 Å². The Morgan fingerprint density at radius 2 is 2.05 bits per heavy atom. The Hall–Kier alpha value is -2.07. The van der Waals surface area contributed by atoms with Crippen LogP contribution in [-0.2, 0) is 11.3 Å². The van der Waals surface area contributed by atoms with Crippen molar-refractivity contribution in [1.29, 1.82) is 0 Å². The highest BCUT2D eigenvalue weighted by Gasteiger charge is 2.09. The summed E-state index contributed by atoms with van der Waals surface area (Å²) >= 11 is 0. The number of benzene rings is 1. The molecule has 0 radical (unpaired) electrons. The van der Waals surface area contributed by atoms with Crippen LogP contribution in [0.2, 0.25) is 0 Å². The fraction of sp³-hybridized carbons (Fsp3) is 0.312. The quantitative estimate of drug-likeness (QED) is 0.910. The lowest BCUT2D eigenvalue weighted by molar-refractivity contribution is -0.117. The van der Waals surface area contributed by atoms with Gasteiger partial charge in [-0.1, -0.05) is 6.07 Å². The number of carbonyl (C=O) groups is 1. The minimum Gasteiger partial charge on any atom is -0.468 e. The third-order valence-corrected chi connectivity index (χ3v) is 3.21. The van der Waals surface area contributed by atoms with Crippen LogP contribution >= 0.6 is 0 Å². The molecule has 1 amide bonds.